The number of methoxy groups -OCH3 is 1. The maximum absolute atomic E-state index is 13.8. The van der Waals surface area contributed by atoms with E-state index >= 15 is 0 Å². The highest BCUT2D eigenvalue weighted by Gasteiger charge is 2.48. The molecule has 204 valence electrons. The molecule has 5 rings (SSSR count). The molecule has 1 aliphatic heterocycles. The summed E-state index contributed by atoms with van der Waals surface area (Å²) in [7, 11) is 1.69. The minimum absolute atomic E-state index is 0.0295. The van der Waals surface area contributed by atoms with E-state index in [-0.39, 0.29) is 23.6 Å². The molecule has 1 saturated carbocycles. The van der Waals surface area contributed by atoms with Gasteiger partial charge in [-0.25, -0.2) is 9.78 Å². The van der Waals surface area contributed by atoms with Crippen molar-refractivity contribution in [2.24, 2.45) is 17.6 Å². The lowest BCUT2D eigenvalue weighted by molar-refractivity contribution is -0.137. The molecule has 3 aliphatic rings. The summed E-state index contributed by atoms with van der Waals surface area (Å²) >= 11 is 0. The first-order chi connectivity index (χ1) is 18.2. The number of carbonyl (C=O) groups is 1. The minimum atomic E-state index is -4.67. The van der Waals surface area contributed by atoms with Crippen LogP contribution in [0, 0.1) is 11.8 Å². The van der Waals surface area contributed by atoms with Crippen molar-refractivity contribution >= 4 is 23.5 Å². The van der Waals surface area contributed by atoms with Crippen LogP contribution in [-0.4, -0.2) is 66.5 Å². The molecule has 0 unspecified atom stereocenters. The Kier molecular flexibility index (Phi) is 7.44. The normalized spacial score (nSPS) is 24.6. The summed E-state index contributed by atoms with van der Waals surface area (Å²) in [5, 5.41) is 5.96. The molecule has 2 aliphatic carbocycles. The molecular formula is C26H31F3N6O3. The molecule has 0 spiro atoms. The molecule has 2 heterocycles. The molecule has 2 bridgehead atoms. The van der Waals surface area contributed by atoms with Crippen LogP contribution in [0.1, 0.15) is 23.1 Å². The van der Waals surface area contributed by atoms with E-state index in [4.69, 9.17) is 15.2 Å². The summed E-state index contributed by atoms with van der Waals surface area (Å²) < 4.78 is 52.0. The Morgan fingerprint density at radius 1 is 1.18 bits per heavy atom. The third-order valence-corrected chi connectivity index (χ3v) is 7.51. The van der Waals surface area contributed by atoms with Crippen LogP contribution in [0.5, 0.6) is 0 Å². The smallest absolute Gasteiger partial charge is 0.421 e. The molecule has 38 heavy (non-hydrogen) atoms. The van der Waals surface area contributed by atoms with Crippen LogP contribution in [0.15, 0.2) is 36.5 Å². The molecule has 1 aromatic carbocycles. The summed E-state index contributed by atoms with van der Waals surface area (Å²) in [6.45, 7) is 3.39. The number of carbonyl (C=O) groups excluding carboxylic acids is 1. The zero-order chi connectivity index (χ0) is 26.9. The first-order valence-electron chi connectivity index (χ1n) is 12.7. The predicted octanol–water partition coefficient (Wildman–Crippen LogP) is 3.74. The fraction of sp³-hybridized carbons (Fsp3) is 0.500. The second kappa shape index (κ2) is 10.8. The summed E-state index contributed by atoms with van der Waals surface area (Å²) in [5.74, 6) is -0.557. The van der Waals surface area contributed by atoms with Gasteiger partial charge in [-0.1, -0.05) is 18.2 Å². The summed E-state index contributed by atoms with van der Waals surface area (Å²) in [4.78, 5) is 21.9. The molecule has 0 radical (unpaired) electrons. The van der Waals surface area contributed by atoms with Crippen molar-refractivity contribution < 1.29 is 27.4 Å². The van der Waals surface area contributed by atoms with Crippen LogP contribution in [0.2, 0.25) is 0 Å². The van der Waals surface area contributed by atoms with Crippen molar-refractivity contribution in [1.29, 1.82) is 0 Å². The number of nitrogens with two attached hydrogens (primary N) is 1. The van der Waals surface area contributed by atoms with Gasteiger partial charge >= 0.3 is 12.3 Å². The zero-order valence-electron chi connectivity index (χ0n) is 21.0. The number of nitrogens with one attached hydrogen (secondary N) is 2. The van der Waals surface area contributed by atoms with Gasteiger partial charge in [-0.3, -0.25) is 0 Å². The van der Waals surface area contributed by atoms with E-state index in [2.05, 4.69) is 25.5 Å². The maximum Gasteiger partial charge on any atom is 0.421 e. The molecule has 0 saturated heterocycles. The van der Waals surface area contributed by atoms with Crippen molar-refractivity contribution in [1.82, 2.24) is 14.9 Å². The van der Waals surface area contributed by atoms with Gasteiger partial charge in [0.15, 0.2) is 0 Å². The number of amides is 1. The SMILES string of the molecule is COCCN1CCc2ccc(Nc3ncc(C(F)(F)F)c(N[C@H]4[C@@H](OC(N)=O)[C@@H]5C=C[C@H]4C5)n3)cc2CC1. The molecule has 4 N–H and O–H groups in total. The number of halogens is 3. The van der Waals surface area contributed by atoms with Crippen LogP contribution >= 0.6 is 0 Å². The fourth-order valence-electron chi connectivity index (χ4n) is 5.60. The Balaban J connectivity index is 1.36. The number of hydrogen-bond acceptors (Lipinski definition) is 8. The Morgan fingerprint density at radius 3 is 2.68 bits per heavy atom. The number of rotatable bonds is 8. The third kappa shape index (κ3) is 5.70. The van der Waals surface area contributed by atoms with Gasteiger partial charge < -0.3 is 30.7 Å². The Labute approximate surface area is 218 Å². The topological polar surface area (TPSA) is 115 Å². The number of fused-ring (bicyclic) bond motifs is 3. The first-order valence-corrected chi connectivity index (χ1v) is 12.7. The van der Waals surface area contributed by atoms with Crippen molar-refractivity contribution in [3.63, 3.8) is 0 Å². The Morgan fingerprint density at radius 2 is 1.95 bits per heavy atom. The summed E-state index contributed by atoms with van der Waals surface area (Å²) in [6.07, 6.45) is 0.703. The lowest BCUT2D eigenvalue weighted by Gasteiger charge is -2.29. The van der Waals surface area contributed by atoms with E-state index < -0.39 is 30.0 Å². The van der Waals surface area contributed by atoms with Crippen LogP contribution in [0.4, 0.5) is 35.4 Å². The Bertz CT molecular complexity index is 1210. The van der Waals surface area contributed by atoms with Gasteiger partial charge in [0.25, 0.3) is 0 Å². The highest BCUT2D eigenvalue weighted by Crippen LogP contribution is 2.44. The zero-order valence-corrected chi connectivity index (χ0v) is 21.0. The number of aromatic nitrogens is 2. The van der Waals surface area contributed by atoms with Crippen LogP contribution in [0.25, 0.3) is 0 Å². The van der Waals surface area contributed by atoms with Crippen molar-refractivity contribution in [2.45, 2.75) is 37.6 Å². The van der Waals surface area contributed by atoms with Gasteiger partial charge in [0.05, 0.1) is 12.6 Å². The molecule has 9 nitrogen and oxygen atoms in total. The van der Waals surface area contributed by atoms with Crippen LogP contribution in [-0.2, 0) is 28.5 Å². The number of anilines is 3. The summed E-state index contributed by atoms with van der Waals surface area (Å²) in [5.41, 5.74) is 7.34. The number of primary amides is 1. The number of nitrogens with zero attached hydrogens (tertiary/aromatic N) is 3. The van der Waals surface area contributed by atoms with Gasteiger partial charge in [0, 0.05) is 50.5 Å². The lowest BCUT2D eigenvalue weighted by atomic mass is 9.98. The maximum atomic E-state index is 13.8. The van der Waals surface area contributed by atoms with E-state index in [0.717, 1.165) is 38.7 Å². The van der Waals surface area contributed by atoms with Gasteiger partial charge in [-0.2, -0.15) is 18.2 Å². The lowest BCUT2D eigenvalue weighted by Crippen LogP contribution is -2.42. The van der Waals surface area contributed by atoms with Crippen LogP contribution < -0.4 is 16.4 Å². The number of hydrogen-bond donors (Lipinski definition) is 3. The standard InChI is InChI=1S/C26H31F3N6O3/c1-37-11-10-35-8-6-15-4-5-19(13-16(15)7-9-35)32-25-31-14-20(26(27,28)29)23(34-25)33-21-17-2-3-18(12-17)22(21)38-24(30)36/h2-5,13-14,17-18,21-22H,6-12H2,1H3,(H2,30,36)(H2,31,32,33,34)/t17-,18+,21+,22-/m0/s1. The third-order valence-electron chi connectivity index (χ3n) is 7.51. The van der Waals surface area contributed by atoms with E-state index in [1.165, 1.54) is 11.1 Å². The molecule has 12 heteroatoms. The van der Waals surface area contributed by atoms with E-state index in [0.29, 0.717) is 18.7 Å². The van der Waals surface area contributed by atoms with Crippen molar-refractivity contribution in [2.75, 3.05) is 44.0 Å². The highest BCUT2D eigenvalue weighted by atomic mass is 19.4. The second-order valence-corrected chi connectivity index (χ2v) is 9.92. The predicted molar refractivity (Wildman–Crippen MR) is 135 cm³/mol. The molecule has 4 atom stereocenters. The molecular weight excluding hydrogens is 501 g/mol. The molecule has 1 aromatic heterocycles. The average Bonchev–Trinajstić information content (AvgIpc) is 3.39. The molecule has 2 aromatic rings. The molecule has 1 amide bonds. The van der Waals surface area contributed by atoms with Gasteiger partial charge in [0.2, 0.25) is 5.95 Å². The number of alkyl halides is 3. The van der Waals surface area contributed by atoms with E-state index in [1.807, 2.05) is 30.4 Å². The minimum Gasteiger partial charge on any atom is -0.444 e. The highest BCUT2D eigenvalue weighted by molar-refractivity contribution is 5.65. The van der Waals surface area contributed by atoms with E-state index in [1.54, 1.807) is 7.11 Å². The van der Waals surface area contributed by atoms with Crippen molar-refractivity contribution in [3.05, 3.63) is 53.2 Å². The second-order valence-electron chi connectivity index (χ2n) is 9.92. The fourth-order valence-corrected chi connectivity index (χ4v) is 5.60. The van der Waals surface area contributed by atoms with Crippen LogP contribution in [0.3, 0.4) is 0 Å². The molecule has 1 fully saturated rings. The first kappa shape index (κ1) is 26.2. The summed E-state index contributed by atoms with van der Waals surface area (Å²) in [6, 6.07) is 5.33. The average molecular weight is 533 g/mol. The quantitative estimate of drug-likeness (QED) is 0.441. The van der Waals surface area contributed by atoms with E-state index in [9.17, 15) is 18.0 Å². The number of benzene rings is 1. The van der Waals surface area contributed by atoms with Gasteiger partial charge in [-0.15, -0.1) is 0 Å². The van der Waals surface area contributed by atoms with Gasteiger partial charge in [-0.05, 0) is 42.5 Å². The number of ether oxygens (including phenoxy) is 2. The largest absolute Gasteiger partial charge is 0.444 e. The van der Waals surface area contributed by atoms with Gasteiger partial charge in [0.1, 0.15) is 17.5 Å². The van der Waals surface area contributed by atoms with Crippen molar-refractivity contribution in [3.8, 4) is 0 Å². The monoisotopic (exact) mass is 532 g/mol. The Hall–Kier alpha value is -3.38.